The summed E-state index contributed by atoms with van der Waals surface area (Å²) in [7, 11) is 0. The molecule has 1 heteroatoms. The van der Waals surface area contributed by atoms with Gasteiger partial charge in [-0.1, -0.05) is 170 Å². The number of benzene rings is 10. The Balaban J connectivity index is 1.33. The van der Waals surface area contributed by atoms with Crippen molar-refractivity contribution >= 4 is 75.5 Å². The molecule has 0 radical (unpaired) electrons. The van der Waals surface area contributed by atoms with E-state index in [1.54, 1.807) is 0 Å². The molecule has 1 nitrogen and oxygen atoms in total. The van der Waals surface area contributed by atoms with E-state index >= 15 is 0 Å². The summed E-state index contributed by atoms with van der Waals surface area (Å²) in [6.07, 6.45) is 0. The summed E-state index contributed by atoms with van der Waals surface area (Å²) in [5.74, 6) is 0. The van der Waals surface area contributed by atoms with E-state index in [1.807, 2.05) is 0 Å². The summed E-state index contributed by atoms with van der Waals surface area (Å²) >= 11 is 0. The maximum absolute atomic E-state index is 5.47. The summed E-state index contributed by atoms with van der Waals surface area (Å²) < 4.78 is 0. The van der Waals surface area contributed by atoms with Crippen molar-refractivity contribution in [3.63, 3.8) is 0 Å². The van der Waals surface area contributed by atoms with Crippen LogP contribution in [-0.2, 0) is 0 Å². The van der Waals surface area contributed by atoms with Crippen LogP contribution in [0.5, 0.6) is 0 Å². The van der Waals surface area contributed by atoms with Crippen molar-refractivity contribution in [3.8, 4) is 33.5 Å². The van der Waals surface area contributed by atoms with E-state index in [2.05, 4.69) is 188 Å². The highest BCUT2D eigenvalue weighted by molar-refractivity contribution is 6.30. The largest absolute Gasteiger partial charge is 0.247 e. The first kappa shape index (κ1) is 29.0. The molecule has 0 bridgehead atoms. The van der Waals surface area contributed by atoms with Crippen LogP contribution in [0.1, 0.15) is 0 Å². The second kappa shape index (κ2) is 11.3. The number of hydrogen-bond donors (Lipinski definition) is 0. The molecule has 10 aromatic carbocycles. The highest BCUT2D eigenvalue weighted by atomic mass is 14.7. The van der Waals surface area contributed by atoms with Gasteiger partial charge in [-0.3, -0.25) is 0 Å². The molecule has 0 fully saturated rings. The van der Waals surface area contributed by atoms with Gasteiger partial charge in [0.1, 0.15) is 0 Å². The lowest BCUT2D eigenvalue weighted by Crippen LogP contribution is -1.95. The van der Waals surface area contributed by atoms with E-state index in [4.69, 9.17) is 4.98 Å². The molecular formula is C51H31N. The SMILES string of the molecule is c1ccc(-c2nc3cc4ccccc4cc3c3c2cc(-c2c4ccccc4c(-c4cccc5ccccc45)c4ccccc24)c2ccccc23)cc1. The minimum Gasteiger partial charge on any atom is -0.247 e. The van der Waals surface area contributed by atoms with Crippen LogP contribution < -0.4 is 0 Å². The lowest BCUT2D eigenvalue weighted by Gasteiger charge is -2.21. The molecule has 0 spiro atoms. The van der Waals surface area contributed by atoms with Gasteiger partial charge in [-0.15, -0.1) is 0 Å². The highest BCUT2D eigenvalue weighted by Crippen LogP contribution is 2.49. The Morgan fingerprint density at radius 3 is 1.46 bits per heavy atom. The molecule has 0 aliphatic rings. The van der Waals surface area contributed by atoms with E-state index in [0.29, 0.717) is 0 Å². The molecule has 1 heterocycles. The molecule has 11 rings (SSSR count). The topological polar surface area (TPSA) is 12.9 Å². The van der Waals surface area contributed by atoms with Crippen LogP contribution in [-0.4, -0.2) is 4.98 Å². The van der Waals surface area contributed by atoms with Gasteiger partial charge < -0.3 is 0 Å². The zero-order valence-corrected chi connectivity index (χ0v) is 28.3. The molecule has 0 saturated heterocycles. The number of hydrogen-bond acceptors (Lipinski definition) is 1. The Morgan fingerprint density at radius 2 is 0.788 bits per heavy atom. The molecule has 11 aromatic rings. The van der Waals surface area contributed by atoms with E-state index in [-0.39, 0.29) is 0 Å². The Morgan fingerprint density at radius 1 is 0.288 bits per heavy atom. The Kier molecular flexibility index (Phi) is 6.32. The van der Waals surface area contributed by atoms with Crippen LogP contribution in [0, 0.1) is 0 Å². The van der Waals surface area contributed by atoms with Gasteiger partial charge in [-0.25, -0.2) is 4.98 Å². The van der Waals surface area contributed by atoms with E-state index in [0.717, 1.165) is 22.2 Å². The molecule has 0 aliphatic heterocycles. The summed E-state index contributed by atoms with van der Waals surface area (Å²) in [4.78, 5) is 5.47. The summed E-state index contributed by atoms with van der Waals surface area (Å²) in [5.41, 5.74) is 8.15. The zero-order valence-electron chi connectivity index (χ0n) is 28.3. The first-order valence-corrected chi connectivity index (χ1v) is 18.0. The Hall–Kier alpha value is -6.83. The second-order valence-corrected chi connectivity index (χ2v) is 13.8. The van der Waals surface area contributed by atoms with Gasteiger partial charge in [0.2, 0.25) is 0 Å². The van der Waals surface area contributed by atoms with Gasteiger partial charge >= 0.3 is 0 Å². The number of pyridine rings is 1. The number of nitrogens with zero attached hydrogens (tertiary/aromatic N) is 1. The molecule has 0 N–H and O–H groups in total. The third-order valence-corrected chi connectivity index (χ3v) is 11.0. The normalized spacial score (nSPS) is 11.8. The second-order valence-electron chi connectivity index (χ2n) is 13.8. The van der Waals surface area contributed by atoms with E-state index < -0.39 is 0 Å². The van der Waals surface area contributed by atoms with Crippen LogP contribution in [0.3, 0.4) is 0 Å². The van der Waals surface area contributed by atoms with Gasteiger partial charge in [0.05, 0.1) is 11.2 Å². The maximum atomic E-state index is 5.47. The molecule has 1 aromatic heterocycles. The standard InChI is InChI=1S/C51H31N/c1-2-16-33(17-3-1)51-46-31-44(37-22-8-9-23-39(37)50(46)45-29-34-18-4-5-19-35(34)30-47(45)52-51)49-42-26-12-10-24-40(42)48(41-25-11-13-27-43(41)49)38-28-14-20-32-15-6-7-21-36(32)38/h1-31H. The molecule has 0 amide bonds. The Labute approximate surface area is 301 Å². The molecular weight excluding hydrogens is 627 g/mol. The van der Waals surface area contributed by atoms with Crippen LogP contribution in [0.15, 0.2) is 188 Å². The van der Waals surface area contributed by atoms with Crippen molar-refractivity contribution in [2.24, 2.45) is 0 Å². The molecule has 0 saturated carbocycles. The lowest BCUT2D eigenvalue weighted by molar-refractivity contribution is 1.43. The monoisotopic (exact) mass is 657 g/mol. The predicted molar refractivity (Wildman–Crippen MR) is 223 cm³/mol. The number of rotatable bonds is 3. The first-order chi connectivity index (χ1) is 25.8. The van der Waals surface area contributed by atoms with Gasteiger partial charge in [0.25, 0.3) is 0 Å². The summed E-state index contributed by atoms with van der Waals surface area (Å²) in [6.45, 7) is 0. The number of fused-ring (bicyclic) bond motifs is 9. The van der Waals surface area contributed by atoms with Crippen LogP contribution in [0.25, 0.3) is 109 Å². The average molecular weight is 658 g/mol. The van der Waals surface area contributed by atoms with Crippen LogP contribution >= 0.6 is 0 Å². The quantitative estimate of drug-likeness (QED) is 0.136. The summed E-state index contributed by atoms with van der Waals surface area (Å²) in [6, 6.07) is 68.7. The fourth-order valence-corrected chi connectivity index (χ4v) is 8.73. The van der Waals surface area contributed by atoms with Crippen molar-refractivity contribution in [1.29, 1.82) is 0 Å². The molecule has 0 atom stereocenters. The van der Waals surface area contributed by atoms with Gasteiger partial charge in [-0.05, 0) is 94.3 Å². The minimum absolute atomic E-state index is 1.01. The van der Waals surface area contributed by atoms with Crippen molar-refractivity contribution < 1.29 is 0 Å². The van der Waals surface area contributed by atoms with Crippen LogP contribution in [0.2, 0.25) is 0 Å². The molecule has 0 aliphatic carbocycles. The molecule has 52 heavy (non-hydrogen) atoms. The van der Waals surface area contributed by atoms with Crippen LogP contribution in [0.4, 0.5) is 0 Å². The average Bonchev–Trinajstić information content (AvgIpc) is 3.21. The smallest absolute Gasteiger partial charge is 0.0788 e. The maximum Gasteiger partial charge on any atom is 0.0788 e. The van der Waals surface area contributed by atoms with Gasteiger partial charge in [0, 0.05) is 21.7 Å². The van der Waals surface area contributed by atoms with Crippen molar-refractivity contribution in [3.05, 3.63) is 188 Å². The lowest BCUT2D eigenvalue weighted by atomic mass is 9.82. The van der Waals surface area contributed by atoms with Gasteiger partial charge in [-0.2, -0.15) is 0 Å². The minimum atomic E-state index is 1.01. The third-order valence-electron chi connectivity index (χ3n) is 11.0. The summed E-state index contributed by atoms with van der Waals surface area (Å²) in [5, 5.41) is 16.0. The van der Waals surface area contributed by atoms with Crippen molar-refractivity contribution in [2.45, 2.75) is 0 Å². The fraction of sp³-hybridized carbons (Fsp3) is 0. The Bertz CT molecular complexity index is 3170. The zero-order chi connectivity index (χ0) is 34.2. The molecule has 0 unspecified atom stereocenters. The predicted octanol–water partition coefficient (Wildman–Crippen LogP) is 14.2. The fourth-order valence-electron chi connectivity index (χ4n) is 8.73. The number of aromatic nitrogens is 1. The van der Waals surface area contributed by atoms with E-state index in [1.165, 1.54) is 86.9 Å². The highest BCUT2D eigenvalue weighted by Gasteiger charge is 2.22. The van der Waals surface area contributed by atoms with Crippen molar-refractivity contribution in [2.75, 3.05) is 0 Å². The third kappa shape index (κ3) is 4.26. The molecule has 240 valence electrons. The first-order valence-electron chi connectivity index (χ1n) is 18.0. The van der Waals surface area contributed by atoms with Crippen molar-refractivity contribution in [1.82, 2.24) is 4.98 Å². The van der Waals surface area contributed by atoms with Gasteiger partial charge in [0.15, 0.2) is 0 Å². The van der Waals surface area contributed by atoms with E-state index in [9.17, 15) is 0 Å².